The second-order valence-corrected chi connectivity index (χ2v) is 19.2. The van der Waals surface area contributed by atoms with Gasteiger partial charge in [-0.1, -0.05) is 19.3 Å². The lowest BCUT2D eigenvalue weighted by atomic mass is 9.79. The lowest BCUT2D eigenvalue weighted by molar-refractivity contribution is -0.151. The Hall–Kier alpha value is -3.17. The SMILES string of the molecule is CS(=O)(=O)N1CCC(C(=O)N[C@@H](COCCCC(=O)NCCOC2CCC3C(=O)N(C4CCC(=O)NC4=O)C(=O)C3C2)C(=O)NC2NC(C3CCCCC3)CS2)C1. The molecule has 4 aliphatic heterocycles. The predicted molar refractivity (Wildman–Crippen MR) is 206 cm³/mol. The summed E-state index contributed by atoms with van der Waals surface area (Å²) in [5.41, 5.74) is -0.302. The van der Waals surface area contributed by atoms with E-state index in [9.17, 15) is 42.0 Å². The molecule has 4 heterocycles. The summed E-state index contributed by atoms with van der Waals surface area (Å²) in [6.45, 7) is 0.765. The van der Waals surface area contributed by atoms with E-state index in [1.165, 1.54) is 36.4 Å². The molecule has 18 nitrogen and oxygen atoms in total. The summed E-state index contributed by atoms with van der Waals surface area (Å²) in [4.78, 5) is 90.4. The Labute approximate surface area is 337 Å². The van der Waals surface area contributed by atoms with Gasteiger partial charge in [0.05, 0.1) is 43.3 Å². The Morgan fingerprint density at radius 3 is 2.47 bits per heavy atom. The van der Waals surface area contributed by atoms with Gasteiger partial charge in [-0.15, -0.1) is 11.8 Å². The molecule has 2 aliphatic carbocycles. The molecule has 0 radical (unpaired) electrons. The zero-order chi connectivity index (χ0) is 40.7. The standard InChI is InChI=1S/C37H57N7O11S2/c1-57(52,53)43-15-13-23(19-43)32(47)39-27(33(48)42-37-40-28(21-56-37)22-6-3-2-4-7-22)20-54-16-5-8-30(45)38-14-17-55-24-9-10-25-26(18-24)36(51)44(35(25)50)29-11-12-31(46)41-34(29)49/h22-29,37,40H,2-21H2,1H3,(H,38,45)(H,39,47)(H,42,48)(H,41,46,49)/t23?,24?,25?,26?,27-,28?,29?,37?/m0/s1. The van der Waals surface area contributed by atoms with Crippen LogP contribution in [0.5, 0.6) is 0 Å². The Bertz CT molecular complexity index is 1640. The number of piperidine rings is 1. The maximum Gasteiger partial charge on any atom is 0.249 e. The van der Waals surface area contributed by atoms with Crippen molar-refractivity contribution < 1.29 is 51.5 Å². The number of imide groups is 2. The molecule has 0 aromatic heterocycles. The predicted octanol–water partition coefficient (Wildman–Crippen LogP) is -0.674. The average Bonchev–Trinajstić information content (AvgIpc) is 3.93. The van der Waals surface area contributed by atoms with Gasteiger partial charge in [-0.3, -0.25) is 49.1 Å². The summed E-state index contributed by atoms with van der Waals surface area (Å²) in [5.74, 6) is -3.06. The van der Waals surface area contributed by atoms with Crippen LogP contribution in [0.4, 0.5) is 0 Å². The number of rotatable bonds is 17. The van der Waals surface area contributed by atoms with E-state index in [2.05, 4.69) is 26.6 Å². The molecule has 318 valence electrons. The van der Waals surface area contributed by atoms with Gasteiger partial charge in [-0.05, 0) is 57.3 Å². The number of carbonyl (C=O) groups excluding carboxylic acids is 7. The third-order valence-electron chi connectivity index (χ3n) is 12.1. The van der Waals surface area contributed by atoms with E-state index in [0.717, 1.165) is 16.9 Å². The molecule has 2 saturated carbocycles. The van der Waals surface area contributed by atoms with E-state index in [4.69, 9.17) is 9.47 Å². The Balaban J connectivity index is 0.890. The molecule has 4 saturated heterocycles. The van der Waals surface area contributed by atoms with Gasteiger partial charge in [-0.2, -0.15) is 0 Å². The van der Waals surface area contributed by atoms with Gasteiger partial charge in [0.2, 0.25) is 51.4 Å². The minimum Gasteiger partial charge on any atom is -0.379 e. The summed E-state index contributed by atoms with van der Waals surface area (Å²) >= 11 is 1.63. The summed E-state index contributed by atoms with van der Waals surface area (Å²) in [6.07, 6.45) is 9.27. The molecule has 6 rings (SSSR count). The van der Waals surface area contributed by atoms with Crippen LogP contribution in [0, 0.1) is 23.7 Å². The topological polar surface area (TPSA) is 239 Å². The molecule has 0 aromatic rings. The first-order chi connectivity index (χ1) is 27.3. The van der Waals surface area contributed by atoms with Gasteiger partial charge in [0.1, 0.15) is 17.6 Å². The Morgan fingerprint density at radius 2 is 1.74 bits per heavy atom. The van der Waals surface area contributed by atoms with E-state index >= 15 is 0 Å². The minimum absolute atomic E-state index is 0.0522. The fourth-order valence-electron chi connectivity index (χ4n) is 8.92. The number of carbonyl (C=O) groups is 7. The Kier molecular flexibility index (Phi) is 15.0. The van der Waals surface area contributed by atoms with E-state index in [0.29, 0.717) is 44.1 Å². The third-order valence-corrected chi connectivity index (χ3v) is 14.5. The Morgan fingerprint density at radius 1 is 0.965 bits per heavy atom. The van der Waals surface area contributed by atoms with Crippen molar-refractivity contribution in [3.8, 4) is 0 Å². The lowest BCUT2D eigenvalue weighted by Gasteiger charge is -2.28. The molecule has 57 heavy (non-hydrogen) atoms. The zero-order valence-electron chi connectivity index (χ0n) is 32.5. The smallest absolute Gasteiger partial charge is 0.249 e. The number of sulfonamides is 1. The van der Waals surface area contributed by atoms with Crippen LogP contribution in [-0.4, -0.2) is 140 Å². The summed E-state index contributed by atoms with van der Waals surface area (Å²) < 4.78 is 37.0. The number of fused-ring (bicyclic) bond motifs is 1. The molecule has 6 aliphatic rings. The van der Waals surface area contributed by atoms with Crippen LogP contribution >= 0.6 is 11.8 Å². The van der Waals surface area contributed by atoms with Crippen molar-refractivity contribution in [2.24, 2.45) is 23.7 Å². The molecule has 0 bridgehead atoms. The van der Waals surface area contributed by atoms with Crippen molar-refractivity contribution >= 4 is 63.1 Å². The number of nitrogens with zero attached hydrogens (tertiary/aromatic N) is 2. The second kappa shape index (κ2) is 19.7. The van der Waals surface area contributed by atoms with Crippen molar-refractivity contribution in [2.45, 2.75) is 113 Å². The second-order valence-electron chi connectivity index (χ2n) is 16.1. The third kappa shape index (κ3) is 11.3. The fraction of sp³-hybridized carbons (Fsp3) is 0.811. The first kappa shape index (κ1) is 43.4. The van der Waals surface area contributed by atoms with Crippen LogP contribution in [0.15, 0.2) is 0 Å². The van der Waals surface area contributed by atoms with Crippen LogP contribution in [0.3, 0.4) is 0 Å². The van der Waals surface area contributed by atoms with E-state index in [-0.39, 0.29) is 82.1 Å². The normalized spacial score (nSPS) is 30.5. The molecule has 7 amide bonds. The van der Waals surface area contributed by atoms with Crippen LogP contribution in [0.2, 0.25) is 0 Å². The quantitative estimate of drug-likeness (QED) is 0.0904. The highest BCUT2D eigenvalue weighted by Crippen LogP contribution is 2.41. The molecule has 8 atom stereocenters. The van der Waals surface area contributed by atoms with Crippen molar-refractivity contribution in [3.05, 3.63) is 0 Å². The molecule has 20 heteroatoms. The summed E-state index contributed by atoms with van der Waals surface area (Å²) in [7, 11) is -3.44. The molecular formula is C37H57N7O11S2. The number of ether oxygens (including phenoxy) is 2. The van der Waals surface area contributed by atoms with Gasteiger partial charge in [0, 0.05) is 50.9 Å². The number of amides is 7. The van der Waals surface area contributed by atoms with Crippen molar-refractivity contribution in [1.82, 2.24) is 35.8 Å². The highest BCUT2D eigenvalue weighted by molar-refractivity contribution is 8.00. The first-order valence-electron chi connectivity index (χ1n) is 20.4. The van der Waals surface area contributed by atoms with Gasteiger partial charge in [0.25, 0.3) is 0 Å². The van der Waals surface area contributed by atoms with Crippen molar-refractivity contribution in [3.63, 3.8) is 0 Å². The summed E-state index contributed by atoms with van der Waals surface area (Å²) in [5, 5.41) is 14.3. The van der Waals surface area contributed by atoms with Gasteiger partial charge in [0.15, 0.2) is 0 Å². The molecule has 7 unspecified atom stereocenters. The lowest BCUT2D eigenvalue weighted by Crippen LogP contribution is -2.55. The van der Waals surface area contributed by atoms with Crippen molar-refractivity contribution in [1.29, 1.82) is 0 Å². The van der Waals surface area contributed by atoms with E-state index < -0.39 is 69.4 Å². The summed E-state index contributed by atoms with van der Waals surface area (Å²) in [6, 6.07) is -1.67. The number of thioether (sulfide) groups is 1. The number of nitrogens with one attached hydrogen (secondary N) is 5. The van der Waals surface area contributed by atoms with Gasteiger partial charge in [-0.25, -0.2) is 12.7 Å². The molecular weight excluding hydrogens is 783 g/mol. The van der Waals surface area contributed by atoms with Crippen molar-refractivity contribution in [2.75, 3.05) is 51.5 Å². The van der Waals surface area contributed by atoms with Crippen LogP contribution in [-0.2, 0) is 53.1 Å². The highest BCUT2D eigenvalue weighted by atomic mass is 32.2. The van der Waals surface area contributed by atoms with Crippen LogP contribution in [0.25, 0.3) is 0 Å². The molecule has 0 spiro atoms. The van der Waals surface area contributed by atoms with Gasteiger partial charge < -0.3 is 25.4 Å². The average molecular weight is 840 g/mol. The number of likely N-dealkylation sites (tertiary alicyclic amines) is 1. The monoisotopic (exact) mass is 839 g/mol. The largest absolute Gasteiger partial charge is 0.379 e. The number of hydrogen-bond donors (Lipinski definition) is 5. The molecule has 6 fully saturated rings. The van der Waals surface area contributed by atoms with Crippen LogP contribution in [0.1, 0.15) is 83.5 Å². The van der Waals surface area contributed by atoms with Crippen LogP contribution < -0.4 is 26.6 Å². The maximum absolute atomic E-state index is 13.5. The highest BCUT2D eigenvalue weighted by Gasteiger charge is 2.54. The fourth-order valence-corrected chi connectivity index (χ4v) is 11.0. The minimum atomic E-state index is -3.44. The van der Waals surface area contributed by atoms with E-state index in [1.807, 2.05) is 0 Å². The van der Waals surface area contributed by atoms with E-state index in [1.54, 1.807) is 11.8 Å². The molecule has 5 N–H and O–H groups in total. The first-order valence-corrected chi connectivity index (χ1v) is 23.3. The van der Waals surface area contributed by atoms with Gasteiger partial charge >= 0.3 is 0 Å². The maximum atomic E-state index is 13.5. The number of hydrogen-bond acceptors (Lipinski definition) is 13. The molecule has 0 aromatic carbocycles. The zero-order valence-corrected chi connectivity index (χ0v) is 34.2.